The van der Waals surface area contributed by atoms with E-state index >= 15 is 0 Å². The first-order valence-corrected chi connectivity index (χ1v) is 7.36. The van der Waals surface area contributed by atoms with Crippen LogP contribution in [0.15, 0.2) is 0 Å². The summed E-state index contributed by atoms with van der Waals surface area (Å²) in [4.78, 5) is 2.62. The second-order valence-corrected chi connectivity index (χ2v) is 6.42. The number of hydrogen-bond acceptors (Lipinski definition) is 3. The van der Waals surface area contributed by atoms with Crippen LogP contribution in [-0.2, 0) is 4.74 Å². The molecule has 3 rings (SSSR count). The summed E-state index contributed by atoms with van der Waals surface area (Å²) in [6.45, 7) is 6.89. The van der Waals surface area contributed by atoms with Gasteiger partial charge in [-0.25, -0.2) is 0 Å². The summed E-state index contributed by atoms with van der Waals surface area (Å²) < 4.78 is 5.91. The largest absolute Gasteiger partial charge is 0.374 e. The first-order chi connectivity index (χ1) is 8.23. The van der Waals surface area contributed by atoms with Crippen LogP contribution >= 0.6 is 0 Å². The molecule has 1 saturated carbocycles. The second-order valence-electron chi connectivity index (χ2n) is 6.42. The van der Waals surface area contributed by atoms with Crippen molar-refractivity contribution in [2.24, 2.45) is 0 Å². The van der Waals surface area contributed by atoms with Crippen molar-refractivity contribution in [2.75, 3.05) is 26.2 Å². The summed E-state index contributed by atoms with van der Waals surface area (Å²) in [5, 5.41) is 3.78. The third kappa shape index (κ3) is 3.21. The lowest BCUT2D eigenvalue weighted by molar-refractivity contribution is -0.0153. The van der Waals surface area contributed by atoms with Crippen LogP contribution in [0.3, 0.4) is 0 Å². The van der Waals surface area contributed by atoms with Crippen LogP contribution in [0.25, 0.3) is 0 Å². The standard InChI is InChI=1S/C14H26N2O/c1-14(7-3-9-17-14)11-16-8-2-4-13(10-16)15-12-5-6-12/h12-13,15H,2-11H2,1H3. The molecule has 3 fully saturated rings. The first-order valence-electron chi connectivity index (χ1n) is 7.36. The van der Waals surface area contributed by atoms with E-state index in [2.05, 4.69) is 17.1 Å². The molecular weight excluding hydrogens is 212 g/mol. The topological polar surface area (TPSA) is 24.5 Å². The molecule has 2 heterocycles. The van der Waals surface area contributed by atoms with E-state index in [1.165, 1.54) is 51.6 Å². The van der Waals surface area contributed by atoms with E-state index in [-0.39, 0.29) is 5.60 Å². The number of hydrogen-bond donors (Lipinski definition) is 1. The Hall–Kier alpha value is -0.120. The van der Waals surface area contributed by atoms with Gasteiger partial charge < -0.3 is 10.1 Å². The van der Waals surface area contributed by atoms with E-state index in [1.54, 1.807) is 0 Å². The van der Waals surface area contributed by atoms with Crippen molar-refractivity contribution in [3.05, 3.63) is 0 Å². The highest BCUT2D eigenvalue weighted by atomic mass is 16.5. The Morgan fingerprint density at radius 1 is 1.24 bits per heavy atom. The highest BCUT2D eigenvalue weighted by Gasteiger charge is 2.34. The lowest BCUT2D eigenvalue weighted by atomic mass is 9.99. The van der Waals surface area contributed by atoms with Gasteiger partial charge in [-0.3, -0.25) is 4.90 Å². The number of nitrogens with one attached hydrogen (secondary N) is 1. The van der Waals surface area contributed by atoms with Gasteiger partial charge in [0.25, 0.3) is 0 Å². The van der Waals surface area contributed by atoms with Gasteiger partial charge in [0.2, 0.25) is 0 Å². The van der Waals surface area contributed by atoms with Gasteiger partial charge in [-0.15, -0.1) is 0 Å². The smallest absolute Gasteiger partial charge is 0.0781 e. The monoisotopic (exact) mass is 238 g/mol. The fourth-order valence-corrected chi connectivity index (χ4v) is 3.35. The van der Waals surface area contributed by atoms with E-state index < -0.39 is 0 Å². The Morgan fingerprint density at radius 3 is 2.82 bits per heavy atom. The van der Waals surface area contributed by atoms with Gasteiger partial charge in [-0.2, -0.15) is 0 Å². The van der Waals surface area contributed by atoms with Crippen LogP contribution in [0, 0.1) is 0 Å². The molecule has 0 spiro atoms. The predicted molar refractivity (Wildman–Crippen MR) is 69.2 cm³/mol. The van der Waals surface area contributed by atoms with Crippen LogP contribution in [0.2, 0.25) is 0 Å². The maximum absolute atomic E-state index is 5.91. The van der Waals surface area contributed by atoms with Crippen molar-refractivity contribution >= 4 is 0 Å². The van der Waals surface area contributed by atoms with Crippen molar-refractivity contribution in [3.8, 4) is 0 Å². The molecule has 2 saturated heterocycles. The minimum Gasteiger partial charge on any atom is -0.374 e. The van der Waals surface area contributed by atoms with E-state index in [9.17, 15) is 0 Å². The van der Waals surface area contributed by atoms with Gasteiger partial charge in [-0.05, 0) is 52.0 Å². The normalized spacial score (nSPS) is 39.7. The molecule has 3 nitrogen and oxygen atoms in total. The molecule has 2 unspecified atom stereocenters. The second kappa shape index (κ2) is 4.87. The summed E-state index contributed by atoms with van der Waals surface area (Å²) in [6.07, 6.45) is 8.00. The van der Waals surface area contributed by atoms with Gasteiger partial charge in [-0.1, -0.05) is 0 Å². The quantitative estimate of drug-likeness (QED) is 0.808. The Labute approximate surface area is 105 Å². The summed E-state index contributed by atoms with van der Waals surface area (Å²) in [6, 6.07) is 1.58. The zero-order valence-electron chi connectivity index (χ0n) is 11.1. The zero-order chi connectivity index (χ0) is 11.7. The third-order valence-corrected chi connectivity index (χ3v) is 4.41. The number of rotatable bonds is 4. The molecule has 0 bridgehead atoms. The highest BCUT2D eigenvalue weighted by Crippen LogP contribution is 2.28. The Bertz CT molecular complexity index is 259. The lowest BCUT2D eigenvalue weighted by Gasteiger charge is -2.37. The molecule has 17 heavy (non-hydrogen) atoms. The van der Waals surface area contributed by atoms with Crippen LogP contribution in [-0.4, -0.2) is 48.8 Å². The van der Waals surface area contributed by atoms with E-state index in [0.29, 0.717) is 0 Å². The maximum Gasteiger partial charge on any atom is 0.0781 e. The van der Waals surface area contributed by atoms with Crippen molar-refractivity contribution in [2.45, 2.75) is 63.1 Å². The SMILES string of the molecule is CC1(CN2CCCC(NC3CC3)C2)CCCO1. The molecule has 1 N–H and O–H groups in total. The van der Waals surface area contributed by atoms with Gasteiger partial charge in [0.15, 0.2) is 0 Å². The van der Waals surface area contributed by atoms with Crippen LogP contribution < -0.4 is 5.32 Å². The van der Waals surface area contributed by atoms with Gasteiger partial charge >= 0.3 is 0 Å². The molecule has 3 heteroatoms. The lowest BCUT2D eigenvalue weighted by Crippen LogP contribution is -2.50. The minimum absolute atomic E-state index is 0.140. The van der Waals surface area contributed by atoms with Crippen molar-refractivity contribution in [1.29, 1.82) is 0 Å². The molecule has 0 aromatic heterocycles. The Balaban J connectivity index is 1.48. The molecule has 2 aliphatic heterocycles. The molecule has 0 radical (unpaired) electrons. The number of piperidine rings is 1. The van der Waals surface area contributed by atoms with Gasteiger partial charge in [0.05, 0.1) is 5.60 Å². The molecule has 0 aromatic rings. The minimum atomic E-state index is 0.140. The van der Waals surface area contributed by atoms with E-state index in [4.69, 9.17) is 4.74 Å². The van der Waals surface area contributed by atoms with Crippen molar-refractivity contribution in [1.82, 2.24) is 10.2 Å². The highest BCUT2D eigenvalue weighted by molar-refractivity contribution is 4.90. The number of nitrogens with zero attached hydrogens (tertiary/aromatic N) is 1. The van der Waals surface area contributed by atoms with Crippen LogP contribution in [0.1, 0.15) is 45.4 Å². The molecule has 98 valence electrons. The summed E-state index contributed by atoms with van der Waals surface area (Å²) in [5.41, 5.74) is 0.140. The van der Waals surface area contributed by atoms with Crippen molar-refractivity contribution < 1.29 is 4.74 Å². The zero-order valence-corrected chi connectivity index (χ0v) is 11.1. The maximum atomic E-state index is 5.91. The average molecular weight is 238 g/mol. The van der Waals surface area contributed by atoms with Gasteiger partial charge in [0, 0.05) is 31.8 Å². The van der Waals surface area contributed by atoms with Crippen molar-refractivity contribution in [3.63, 3.8) is 0 Å². The molecular formula is C14H26N2O. The summed E-state index contributed by atoms with van der Waals surface area (Å²) in [7, 11) is 0. The van der Waals surface area contributed by atoms with E-state index in [1.807, 2.05) is 0 Å². The van der Waals surface area contributed by atoms with Gasteiger partial charge in [0.1, 0.15) is 0 Å². The number of ether oxygens (including phenoxy) is 1. The van der Waals surface area contributed by atoms with E-state index in [0.717, 1.165) is 25.2 Å². The molecule has 2 atom stereocenters. The predicted octanol–water partition coefficient (Wildman–Crippen LogP) is 1.77. The molecule has 1 aliphatic carbocycles. The van der Waals surface area contributed by atoms with Crippen LogP contribution in [0.4, 0.5) is 0 Å². The number of likely N-dealkylation sites (tertiary alicyclic amines) is 1. The summed E-state index contributed by atoms with van der Waals surface area (Å²) >= 11 is 0. The van der Waals surface area contributed by atoms with Crippen LogP contribution in [0.5, 0.6) is 0 Å². The summed E-state index contributed by atoms with van der Waals surface area (Å²) in [5.74, 6) is 0. The third-order valence-electron chi connectivity index (χ3n) is 4.41. The fourth-order valence-electron chi connectivity index (χ4n) is 3.35. The Kier molecular flexibility index (Phi) is 3.42. The Morgan fingerprint density at radius 2 is 2.12 bits per heavy atom. The molecule has 0 aromatic carbocycles. The first kappa shape index (κ1) is 11.9. The fraction of sp³-hybridized carbons (Fsp3) is 1.00. The average Bonchev–Trinajstić information content (AvgIpc) is 3.00. The molecule has 0 amide bonds. The molecule has 3 aliphatic rings.